The first-order valence-electron chi connectivity index (χ1n) is 5.36. The van der Waals surface area contributed by atoms with E-state index in [2.05, 4.69) is 0 Å². The van der Waals surface area contributed by atoms with Crippen LogP contribution in [0.4, 0.5) is 0 Å². The zero-order chi connectivity index (χ0) is 10.2. The van der Waals surface area contributed by atoms with Gasteiger partial charge in [-0.1, -0.05) is 0 Å². The summed E-state index contributed by atoms with van der Waals surface area (Å²) in [5.41, 5.74) is 0.339. The van der Waals surface area contributed by atoms with Crippen molar-refractivity contribution in [1.82, 2.24) is 0 Å². The van der Waals surface area contributed by atoms with E-state index in [4.69, 9.17) is 4.74 Å². The molecule has 2 fully saturated rings. The predicted octanol–water partition coefficient (Wildman–Crippen LogP) is 1.70. The highest BCUT2D eigenvalue weighted by Gasteiger charge is 2.50. The summed E-state index contributed by atoms with van der Waals surface area (Å²) in [6.45, 7) is 2.15. The fourth-order valence-corrected chi connectivity index (χ4v) is 2.30. The van der Waals surface area contributed by atoms with Gasteiger partial charge in [0.2, 0.25) is 0 Å². The first-order valence-corrected chi connectivity index (χ1v) is 5.36. The lowest BCUT2D eigenvalue weighted by Gasteiger charge is -2.26. The Morgan fingerprint density at radius 3 is 2.79 bits per heavy atom. The van der Waals surface area contributed by atoms with Gasteiger partial charge in [0, 0.05) is 6.42 Å². The minimum Gasteiger partial charge on any atom is -0.465 e. The topological polar surface area (TPSA) is 43.4 Å². The normalized spacial score (nSPS) is 28.9. The van der Waals surface area contributed by atoms with E-state index >= 15 is 0 Å². The molecule has 0 bridgehead atoms. The average Bonchev–Trinajstić information content (AvgIpc) is 2.91. The lowest BCUT2D eigenvalue weighted by molar-refractivity contribution is -0.153. The lowest BCUT2D eigenvalue weighted by atomic mass is 9.78. The maximum absolute atomic E-state index is 11.5. The molecular weight excluding hydrogens is 180 g/mol. The van der Waals surface area contributed by atoms with Crippen molar-refractivity contribution >= 4 is 11.8 Å². The number of hydrogen-bond acceptors (Lipinski definition) is 3. The molecule has 1 atom stereocenters. The van der Waals surface area contributed by atoms with Crippen LogP contribution in [0.2, 0.25) is 0 Å². The van der Waals surface area contributed by atoms with Gasteiger partial charge in [0.25, 0.3) is 0 Å². The fourth-order valence-electron chi connectivity index (χ4n) is 2.30. The van der Waals surface area contributed by atoms with Crippen molar-refractivity contribution < 1.29 is 14.3 Å². The summed E-state index contributed by atoms with van der Waals surface area (Å²) in [5.74, 6) is -0.671. The van der Waals surface area contributed by atoms with Gasteiger partial charge in [0.15, 0.2) is 0 Å². The molecule has 0 aliphatic heterocycles. The Balaban J connectivity index is 2.01. The molecule has 3 nitrogen and oxygen atoms in total. The smallest absolute Gasteiger partial charge is 0.316 e. The highest BCUT2D eigenvalue weighted by atomic mass is 16.5. The number of Topliss-reactive ketones (excluding diaryl/α,β-unsaturated/α-hetero) is 1. The van der Waals surface area contributed by atoms with Gasteiger partial charge in [-0.3, -0.25) is 9.59 Å². The van der Waals surface area contributed by atoms with E-state index in [1.807, 2.05) is 0 Å². The van der Waals surface area contributed by atoms with E-state index in [0.717, 1.165) is 12.8 Å². The van der Waals surface area contributed by atoms with Gasteiger partial charge in [0.1, 0.15) is 11.7 Å². The molecule has 0 aromatic carbocycles. The van der Waals surface area contributed by atoms with Crippen LogP contribution in [0.25, 0.3) is 0 Å². The number of carbonyl (C=O) groups excluding carboxylic acids is 2. The fraction of sp³-hybridized carbons (Fsp3) is 0.818. The van der Waals surface area contributed by atoms with E-state index < -0.39 is 5.92 Å². The number of hydrogen-bond donors (Lipinski definition) is 0. The summed E-state index contributed by atoms with van der Waals surface area (Å²) in [6, 6.07) is 0. The number of ketones is 1. The van der Waals surface area contributed by atoms with E-state index in [0.29, 0.717) is 18.4 Å². The molecule has 0 heterocycles. The van der Waals surface area contributed by atoms with Crippen molar-refractivity contribution in [1.29, 1.82) is 0 Å². The minimum absolute atomic E-state index is 0.0842. The van der Waals surface area contributed by atoms with Gasteiger partial charge in [0.05, 0.1) is 6.61 Å². The minimum atomic E-state index is -0.453. The summed E-state index contributed by atoms with van der Waals surface area (Å²) in [7, 11) is 0. The second-order valence-corrected chi connectivity index (χ2v) is 4.48. The van der Waals surface area contributed by atoms with Crippen LogP contribution in [0, 0.1) is 11.3 Å². The molecular formula is C11H16O3. The van der Waals surface area contributed by atoms with Crippen molar-refractivity contribution in [3.63, 3.8) is 0 Å². The summed E-state index contributed by atoms with van der Waals surface area (Å²) in [5, 5.41) is 0. The Kier molecular flexibility index (Phi) is 2.33. The molecule has 0 N–H and O–H groups in total. The van der Waals surface area contributed by atoms with Crippen molar-refractivity contribution in [3.05, 3.63) is 0 Å². The lowest BCUT2D eigenvalue weighted by Crippen LogP contribution is -2.33. The van der Waals surface area contributed by atoms with Crippen LogP contribution in [0.5, 0.6) is 0 Å². The molecule has 1 spiro atoms. The third-order valence-corrected chi connectivity index (χ3v) is 3.46. The molecule has 2 saturated carbocycles. The zero-order valence-corrected chi connectivity index (χ0v) is 8.54. The van der Waals surface area contributed by atoms with Crippen LogP contribution >= 0.6 is 0 Å². The van der Waals surface area contributed by atoms with Crippen LogP contribution in [0.15, 0.2) is 0 Å². The first kappa shape index (κ1) is 9.69. The Morgan fingerprint density at radius 1 is 1.50 bits per heavy atom. The van der Waals surface area contributed by atoms with Gasteiger partial charge >= 0.3 is 5.97 Å². The molecule has 0 unspecified atom stereocenters. The molecule has 0 saturated heterocycles. The van der Waals surface area contributed by atoms with Crippen molar-refractivity contribution in [3.8, 4) is 0 Å². The highest BCUT2D eigenvalue weighted by Crippen LogP contribution is 2.56. The Morgan fingerprint density at radius 2 is 2.21 bits per heavy atom. The van der Waals surface area contributed by atoms with Gasteiger partial charge in [-0.2, -0.15) is 0 Å². The molecule has 14 heavy (non-hydrogen) atoms. The quantitative estimate of drug-likeness (QED) is 0.498. The van der Waals surface area contributed by atoms with Gasteiger partial charge in [-0.25, -0.2) is 0 Å². The molecule has 2 rings (SSSR count). The van der Waals surface area contributed by atoms with Crippen molar-refractivity contribution in [2.24, 2.45) is 11.3 Å². The predicted molar refractivity (Wildman–Crippen MR) is 50.6 cm³/mol. The first-order chi connectivity index (χ1) is 6.67. The van der Waals surface area contributed by atoms with Crippen molar-refractivity contribution in [2.75, 3.05) is 6.61 Å². The summed E-state index contributed by atoms with van der Waals surface area (Å²) >= 11 is 0. The molecule has 2 aliphatic rings. The van der Waals surface area contributed by atoms with E-state index in [-0.39, 0.29) is 11.8 Å². The third-order valence-electron chi connectivity index (χ3n) is 3.46. The number of esters is 1. The van der Waals surface area contributed by atoms with Gasteiger partial charge in [-0.05, 0) is 38.0 Å². The van der Waals surface area contributed by atoms with Crippen LogP contribution in [-0.4, -0.2) is 18.4 Å². The van der Waals surface area contributed by atoms with E-state index in [1.165, 1.54) is 12.8 Å². The Hall–Kier alpha value is -0.860. The van der Waals surface area contributed by atoms with Gasteiger partial charge < -0.3 is 4.74 Å². The molecule has 0 amide bonds. The van der Waals surface area contributed by atoms with Crippen molar-refractivity contribution in [2.45, 2.75) is 39.0 Å². The second-order valence-electron chi connectivity index (χ2n) is 4.48. The summed E-state index contributed by atoms with van der Waals surface area (Å²) in [6.07, 6.45) is 4.68. The maximum atomic E-state index is 11.5. The van der Waals surface area contributed by atoms with Gasteiger partial charge in [-0.15, -0.1) is 0 Å². The molecule has 0 aromatic heterocycles. The molecule has 3 heteroatoms. The standard InChI is InChI=1S/C11H16O3/c1-2-14-10(13)8-7-11(5-6-11)4-3-9(8)12/h8H,2-7H2,1H3/t8-/m0/s1. The monoisotopic (exact) mass is 196 g/mol. The summed E-state index contributed by atoms with van der Waals surface area (Å²) < 4.78 is 4.91. The molecule has 78 valence electrons. The second kappa shape index (κ2) is 3.37. The van der Waals surface area contributed by atoms with Crippen LogP contribution in [-0.2, 0) is 14.3 Å². The molecule has 0 radical (unpaired) electrons. The molecule has 2 aliphatic carbocycles. The Bertz CT molecular complexity index is 266. The highest BCUT2D eigenvalue weighted by molar-refractivity contribution is 5.99. The van der Waals surface area contributed by atoms with E-state index in [1.54, 1.807) is 6.92 Å². The largest absolute Gasteiger partial charge is 0.465 e. The van der Waals surface area contributed by atoms with Crippen LogP contribution in [0.1, 0.15) is 39.0 Å². The van der Waals surface area contributed by atoms with E-state index in [9.17, 15) is 9.59 Å². The maximum Gasteiger partial charge on any atom is 0.316 e. The SMILES string of the molecule is CCOC(=O)[C@H]1CC2(CCC1=O)CC2. The van der Waals surface area contributed by atoms with Crippen LogP contribution in [0.3, 0.4) is 0 Å². The number of carbonyl (C=O) groups is 2. The molecule has 0 aromatic rings. The Labute approximate surface area is 83.8 Å². The zero-order valence-electron chi connectivity index (χ0n) is 8.54. The van der Waals surface area contributed by atoms with Crippen LogP contribution < -0.4 is 0 Å². The number of ether oxygens (including phenoxy) is 1. The summed E-state index contributed by atoms with van der Waals surface area (Å²) in [4.78, 5) is 23.0. The number of rotatable bonds is 2. The average molecular weight is 196 g/mol. The third kappa shape index (κ3) is 1.68.